The molecule has 1 aromatic carbocycles. The van der Waals surface area contributed by atoms with Crippen molar-refractivity contribution in [2.75, 3.05) is 20.3 Å². The third-order valence-electron chi connectivity index (χ3n) is 3.12. The molecular formula is C17H24O5. The molecule has 0 heterocycles. The third-order valence-corrected chi connectivity index (χ3v) is 3.12. The first-order valence-corrected chi connectivity index (χ1v) is 7.60. The van der Waals surface area contributed by atoms with Gasteiger partial charge >= 0.3 is 11.9 Å². The predicted molar refractivity (Wildman–Crippen MR) is 82.8 cm³/mol. The van der Waals surface area contributed by atoms with Crippen LogP contribution in [0.15, 0.2) is 24.3 Å². The summed E-state index contributed by atoms with van der Waals surface area (Å²) < 4.78 is 15.3. The van der Waals surface area contributed by atoms with Crippen LogP contribution in [0, 0.1) is 0 Å². The molecule has 0 aliphatic heterocycles. The molecule has 0 N–H and O–H groups in total. The van der Waals surface area contributed by atoms with E-state index in [1.54, 1.807) is 6.92 Å². The minimum Gasteiger partial charge on any atom is -0.493 e. The lowest BCUT2D eigenvalue weighted by Gasteiger charge is -2.11. The summed E-state index contributed by atoms with van der Waals surface area (Å²) in [6.07, 6.45) is 3.20. The fraction of sp³-hybridized carbons (Fsp3) is 0.529. The monoisotopic (exact) mass is 308 g/mol. The molecule has 1 aromatic rings. The Balaban J connectivity index is 2.33. The topological polar surface area (TPSA) is 61.8 Å². The minimum absolute atomic E-state index is 0.180. The standard InChI is InChI=1S/C17H24O5/c1-3-21-17(19)13-14-9-6-7-10-15(14)22-12-8-4-5-11-16(18)20-2/h6-7,9-10H,3-5,8,11-13H2,1-2H3. The lowest BCUT2D eigenvalue weighted by molar-refractivity contribution is -0.142. The van der Waals surface area contributed by atoms with E-state index >= 15 is 0 Å². The first-order chi connectivity index (χ1) is 10.7. The van der Waals surface area contributed by atoms with Crippen LogP contribution in [0.2, 0.25) is 0 Å². The van der Waals surface area contributed by atoms with Crippen molar-refractivity contribution in [3.05, 3.63) is 29.8 Å². The summed E-state index contributed by atoms with van der Waals surface area (Å²) in [5.41, 5.74) is 0.829. The van der Waals surface area contributed by atoms with Crippen molar-refractivity contribution in [1.82, 2.24) is 0 Å². The predicted octanol–water partition coefficient (Wildman–Crippen LogP) is 2.90. The van der Waals surface area contributed by atoms with Crippen molar-refractivity contribution in [2.24, 2.45) is 0 Å². The van der Waals surface area contributed by atoms with E-state index in [0.29, 0.717) is 25.4 Å². The van der Waals surface area contributed by atoms with Gasteiger partial charge in [-0.25, -0.2) is 0 Å². The lowest BCUT2D eigenvalue weighted by atomic mass is 10.1. The number of carbonyl (C=O) groups is 2. The second kappa shape index (κ2) is 10.7. The zero-order valence-electron chi connectivity index (χ0n) is 13.3. The summed E-state index contributed by atoms with van der Waals surface area (Å²) in [6.45, 7) is 2.72. The molecule has 0 aliphatic carbocycles. The van der Waals surface area contributed by atoms with E-state index in [0.717, 1.165) is 24.8 Å². The van der Waals surface area contributed by atoms with E-state index in [2.05, 4.69) is 4.74 Å². The van der Waals surface area contributed by atoms with E-state index in [1.807, 2.05) is 24.3 Å². The van der Waals surface area contributed by atoms with Gasteiger partial charge in [-0.05, 0) is 32.3 Å². The molecule has 1 rings (SSSR count). The molecule has 0 aliphatic rings. The first kappa shape index (κ1) is 18.0. The Morgan fingerprint density at radius 3 is 2.55 bits per heavy atom. The van der Waals surface area contributed by atoms with E-state index < -0.39 is 0 Å². The molecule has 5 nitrogen and oxygen atoms in total. The number of hydrogen-bond acceptors (Lipinski definition) is 5. The molecule has 0 saturated heterocycles. The summed E-state index contributed by atoms with van der Waals surface area (Å²) in [5, 5.41) is 0. The summed E-state index contributed by atoms with van der Waals surface area (Å²) in [4.78, 5) is 22.5. The van der Waals surface area contributed by atoms with Gasteiger partial charge in [0.2, 0.25) is 0 Å². The van der Waals surface area contributed by atoms with Gasteiger partial charge in [-0.3, -0.25) is 9.59 Å². The first-order valence-electron chi connectivity index (χ1n) is 7.60. The van der Waals surface area contributed by atoms with Gasteiger partial charge in [0, 0.05) is 12.0 Å². The van der Waals surface area contributed by atoms with Crippen LogP contribution in [-0.4, -0.2) is 32.3 Å². The van der Waals surface area contributed by atoms with Crippen LogP contribution in [0.4, 0.5) is 0 Å². The van der Waals surface area contributed by atoms with Gasteiger partial charge in [0.05, 0.1) is 26.7 Å². The molecule has 0 saturated carbocycles. The normalized spacial score (nSPS) is 10.1. The van der Waals surface area contributed by atoms with Crippen molar-refractivity contribution in [3.63, 3.8) is 0 Å². The van der Waals surface area contributed by atoms with Crippen LogP contribution in [-0.2, 0) is 25.5 Å². The van der Waals surface area contributed by atoms with Crippen LogP contribution >= 0.6 is 0 Å². The lowest BCUT2D eigenvalue weighted by Crippen LogP contribution is -2.09. The van der Waals surface area contributed by atoms with E-state index in [1.165, 1.54) is 7.11 Å². The molecule has 0 spiro atoms. The number of methoxy groups -OCH3 is 1. The quantitative estimate of drug-likeness (QED) is 0.491. The van der Waals surface area contributed by atoms with Gasteiger partial charge in [0.25, 0.3) is 0 Å². The van der Waals surface area contributed by atoms with Crippen molar-refractivity contribution in [1.29, 1.82) is 0 Å². The number of benzene rings is 1. The van der Waals surface area contributed by atoms with Gasteiger partial charge in [-0.1, -0.05) is 18.2 Å². The van der Waals surface area contributed by atoms with E-state index in [9.17, 15) is 9.59 Å². The Kier molecular flexibility index (Phi) is 8.72. The van der Waals surface area contributed by atoms with Gasteiger partial charge in [0.15, 0.2) is 0 Å². The van der Waals surface area contributed by atoms with Gasteiger partial charge in [-0.2, -0.15) is 0 Å². The number of rotatable bonds is 10. The second-order valence-corrected chi connectivity index (χ2v) is 4.82. The molecular weight excluding hydrogens is 284 g/mol. The Hall–Kier alpha value is -2.04. The largest absolute Gasteiger partial charge is 0.493 e. The number of esters is 2. The molecule has 0 amide bonds. The molecule has 0 aromatic heterocycles. The number of unbranched alkanes of at least 4 members (excludes halogenated alkanes) is 2. The van der Waals surface area contributed by atoms with E-state index in [4.69, 9.17) is 9.47 Å². The summed E-state index contributed by atoms with van der Waals surface area (Å²) >= 11 is 0. The minimum atomic E-state index is -0.253. The Labute approximate surface area is 131 Å². The molecule has 0 atom stereocenters. The van der Waals surface area contributed by atoms with Crippen LogP contribution in [0.1, 0.15) is 38.2 Å². The molecule has 5 heteroatoms. The van der Waals surface area contributed by atoms with Crippen molar-refractivity contribution < 1.29 is 23.8 Å². The maximum atomic E-state index is 11.6. The van der Waals surface area contributed by atoms with Crippen molar-refractivity contribution >= 4 is 11.9 Å². The van der Waals surface area contributed by atoms with Crippen molar-refractivity contribution in [2.45, 2.75) is 39.0 Å². The number of para-hydroxylation sites is 1. The molecule has 0 unspecified atom stereocenters. The maximum Gasteiger partial charge on any atom is 0.310 e. The number of carbonyl (C=O) groups excluding carboxylic acids is 2. The smallest absolute Gasteiger partial charge is 0.310 e. The van der Waals surface area contributed by atoms with Gasteiger partial charge in [0.1, 0.15) is 5.75 Å². The zero-order chi connectivity index (χ0) is 16.2. The highest BCUT2D eigenvalue weighted by Gasteiger charge is 2.09. The third kappa shape index (κ3) is 7.11. The molecule has 22 heavy (non-hydrogen) atoms. The number of ether oxygens (including phenoxy) is 3. The fourth-order valence-corrected chi connectivity index (χ4v) is 1.99. The summed E-state index contributed by atoms with van der Waals surface area (Å²) in [5.74, 6) is 0.279. The van der Waals surface area contributed by atoms with Crippen molar-refractivity contribution in [3.8, 4) is 5.75 Å². The molecule has 0 radical (unpaired) electrons. The summed E-state index contributed by atoms with van der Waals surface area (Å²) in [6, 6.07) is 7.46. The Bertz CT molecular complexity index is 470. The van der Waals surface area contributed by atoms with Gasteiger partial charge in [-0.15, -0.1) is 0 Å². The Morgan fingerprint density at radius 1 is 1.05 bits per heavy atom. The second-order valence-electron chi connectivity index (χ2n) is 4.82. The SMILES string of the molecule is CCOC(=O)Cc1ccccc1OCCCCCC(=O)OC. The highest BCUT2D eigenvalue weighted by Crippen LogP contribution is 2.19. The molecule has 122 valence electrons. The van der Waals surface area contributed by atoms with Crippen LogP contribution in [0.25, 0.3) is 0 Å². The zero-order valence-corrected chi connectivity index (χ0v) is 13.3. The molecule has 0 fully saturated rings. The average molecular weight is 308 g/mol. The average Bonchev–Trinajstić information content (AvgIpc) is 2.52. The Morgan fingerprint density at radius 2 is 1.82 bits per heavy atom. The highest BCUT2D eigenvalue weighted by molar-refractivity contribution is 5.73. The maximum absolute atomic E-state index is 11.6. The van der Waals surface area contributed by atoms with Gasteiger partial charge < -0.3 is 14.2 Å². The van der Waals surface area contributed by atoms with Crippen LogP contribution < -0.4 is 4.74 Å². The highest BCUT2D eigenvalue weighted by atomic mass is 16.5. The fourth-order valence-electron chi connectivity index (χ4n) is 1.99. The summed E-state index contributed by atoms with van der Waals surface area (Å²) in [7, 11) is 1.39. The van der Waals surface area contributed by atoms with E-state index in [-0.39, 0.29) is 18.4 Å². The van der Waals surface area contributed by atoms with Crippen LogP contribution in [0.3, 0.4) is 0 Å². The number of hydrogen-bond donors (Lipinski definition) is 0. The van der Waals surface area contributed by atoms with Crippen LogP contribution in [0.5, 0.6) is 5.75 Å². The molecule has 0 bridgehead atoms.